The van der Waals surface area contributed by atoms with Crippen LogP contribution in [0.15, 0.2) is 16.2 Å². The van der Waals surface area contributed by atoms with Crippen LogP contribution in [0.4, 0.5) is 0 Å². The first-order valence-corrected chi connectivity index (χ1v) is 13.5. The zero-order chi connectivity index (χ0) is 23.5. The third kappa shape index (κ3) is 5.53. The van der Waals surface area contributed by atoms with Crippen LogP contribution in [-0.2, 0) is 27.9 Å². The van der Waals surface area contributed by atoms with E-state index in [-0.39, 0.29) is 11.0 Å². The number of thiophene rings is 1. The van der Waals surface area contributed by atoms with Crippen LogP contribution in [0.2, 0.25) is 0 Å². The van der Waals surface area contributed by atoms with Gasteiger partial charge in [0.2, 0.25) is 0 Å². The molecule has 6 nitrogen and oxygen atoms in total. The number of rotatable bonds is 7. The van der Waals surface area contributed by atoms with Gasteiger partial charge in [-0.2, -0.15) is 5.10 Å². The van der Waals surface area contributed by atoms with Crippen LogP contribution in [0, 0.1) is 11.3 Å². The van der Waals surface area contributed by atoms with E-state index in [0.717, 1.165) is 83.7 Å². The van der Waals surface area contributed by atoms with E-state index in [1.165, 1.54) is 10.4 Å². The molecule has 2 saturated heterocycles. The molecule has 184 valence electrons. The first-order valence-electron chi connectivity index (χ1n) is 12.7. The van der Waals surface area contributed by atoms with E-state index < -0.39 is 0 Å². The van der Waals surface area contributed by atoms with Gasteiger partial charge in [0.05, 0.1) is 17.9 Å². The molecule has 2 atom stereocenters. The van der Waals surface area contributed by atoms with Gasteiger partial charge in [0, 0.05) is 61.3 Å². The van der Waals surface area contributed by atoms with Gasteiger partial charge in [-0.3, -0.25) is 9.89 Å². The van der Waals surface area contributed by atoms with Gasteiger partial charge < -0.3 is 15.3 Å². The predicted octanol–water partition coefficient (Wildman–Crippen LogP) is 4.40. The lowest BCUT2D eigenvalue weighted by Gasteiger charge is -2.47. The van der Waals surface area contributed by atoms with Gasteiger partial charge in [-0.1, -0.05) is 20.8 Å². The van der Waals surface area contributed by atoms with Crippen molar-refractivity contribution in [3.8, 4) is 0 Å². The SMILES string of the molecule is CCc1cc2c(s1)CCO[C@@]21CCN(C/C(C=NCC(C)(C)C2CCOCC2)=N/N)[C@@H](C)C1. The van der Waals surface area contributed by atoms with Crippen molar-refractivity contribution < 1.29 is 9.47 Å². The fourth-order valence-electron chi connectivity index (χ4n) is 5.83. The highest BCUT2D eigenvalue weighted by Crippen LogP contribution is 2.46. The van der Waals surface area contributed by atoms with Crippen LogP contribution in [0.1, 0.15) is 68.7 Å². The lowest BCUT2D eigenvalue weighted by molar-refractivity contribution is -0.108. The van der Waals surface area contributed by atoms with Gasteiger partial charge >= 0.3 is 0 Å². The molecular weight excluding hydrogens is 432 g/mol. The zero-order valence-corrected chi connectivity index (χ0v) is 21.8. The summed E-state index contributed by atoms with van der Waals surface area (Å²) in [6, 6.07) is 2.82. The molecule has 0 amide bonds. The monoisotopic (exact) mass is 474 g/mol. The average molecular weight is 475 g/mol. The number of aliphatic imine (C=N–C) groups is 1. The van der Waals surface area contributed by atoms with Crippen LogP contribution >= 0.6 is 11.3 Å². The summed E-state index contributed by atoms with van der Waals surface area (Å²) in [7, 11) is 0. The molecule has 2 fully saturated rings. The number of nitrogens with two attached hydrogens (primary N) is 1. The van der Waals surface area contributed by atoms with Gasteiger partial charge in [-0.05, 0) is 62.0 Å². The summed E-state index contributed by atoms with van der Waals surface area (Å²) in [5.41, 5.74) is 2.37. The molecule has 3 aliphatic rings. The second-order valence-electron chi connectivity index (χ2n) is 10.7. The highest BCUT2D eigenvalue weighted by molar-refractivity contribution is 7.12. The summed E-state index contributed by atoms with van der Waals surface area (Å²) in [6.07, 6.45) is 8.37. The van der Waals surface area contributed by atoms with E-state index in [1.54, 1.807) is 4.88 Å². The molecular formula is C26H42N4O2S. The van der Waals surface area contributed by atoms with Crippen molar-refractivity contribution >= 4 is 23.3 Å². The number of likely N-dealkylation sites (tertiary alicyclic amines) is 1. The normalized spacial score (nSPS) is 28.0. The number of hydrogen-bond acceptors (Lipinski definition) is 7. The Hall–Kier alpha value is -1.28. The lowest BCUT2D eigenvalue weighted by Crippen LogP contribution is -2.51. The van der Waals surface area contributed by atoms with E-state index in [9.17, 15) is 0 Å². The van der Waals surface area contributed by atoms with E-state index in [2.05, 4.69) is 43.8 Å². The zero-order valence-electron chi connectivity index (χ0n) is 20.9. The molecule has 3 aliphatic heterocycles. The Morgan fingerprint density at radius 1 is 1.33 bits per heavy atom. The number of nitrogens with zero attached hydrogens (tertiary/aromatic N) is 3. The van der Waals surface area contributed by atoms with Gasteiger partial charge in [0.1, 0.15) is 0 Å². The van der Waals surface area contributed by atoms with Crippen LogP contribution < -0.4 is 5.84 Å². The Labute approximate surface area is 203 Å². The number of hydrazone groups is 1. The molecule has 0 aliphatic carbocycles. The van der Waals surface area contributed by atoms with E-state index >= 15 is 0 Å². The number of piperidine rings is 1. The van der Waals surface area contributed by atoms with Gasteiger partial charge in [0.25, 0.3) is 0 Å². The topological polar surface area (TPSA) is 72.4 Å². The Morgan fingerprint density at radius 3 is 2.82 bits per heavy atom. The summed E-state index contributed by atoms with van der Waals surface area (Å²) < 4.78 is 12.0. The summed E-state index contributed by atoms with van der Waals surface area (Å²) in [5.74, 6) is 6.43. The number of ether oxygens (including phenoxy) is 2. The highest BCUT2D eigenvalue weighted by Gasteiger charge is 2.44. The molecule has 2 N–H and O–H groups in total. The molecule has 0 unspecified atom stereocenters. The first kappa shape index (κ1) is 24.8. The Morgan fingerprint density at radius 2 is 2.12 bits per heavy atom. The fraction of sp³-hybridized carbons (Fsp3) is 0.769. The minimum Gasteiger partial charge on any atom is -0.381 e. The van der Waals surface area contributed by atoms with Crippen LogP contribution in [0.3, 0.4) is 0 Å². The van der Waals surface area contributed by atoms with Gasteiger partial charge in [-0.15, -0.1) is 11.3 Å². The molecule has 4 rings (SSSR count). The smallest absolute Gasteiger partial charge is 0.0969 e. The second-order valence-corrected chi connectivity index (χ2v) is 12.0. The average Bonchev–Trinajstić information content (AvgIpc) is 3.26. The summed E-state index contributed by atoms with van der Waals surface area (Å²) >= 11 is 1.99. The second kappa shape index (κ2) is 10.5. The molecule has 0 saturated carbocycles. The van der Waals surface area contributed by atoms with Gasteiger partial charge in [-0.25, -0.2) is 0 Å². The maximum atomic E-state index is 6.49. The van der Waals surface area contributed by atoms with Crippen molar-refractivity contribution in [3.05, 3.63) is 21.4 Å². The van der Waals surface area contributed by atoms with Crippen molar-refractivity contribution in [2.45, 2.75) is 77.9 Å². The maximum Gasteiger partial charge on any atom is 0.0969 e. The summed E-state index contributed by atoms with van der Waals surface area (Å²) in [5, 5.41) is 4.08. The molecule has 7 heteroatoms. The molecule has 1 aromatic rings. The number of aryl methyl sites for hydroxylation is 1. The summed E-state index contributed by atoms with van der Waals surface area (Å²) in [6.45, 7) is 14.3. The van der Waals surface area contributed by atoms with Crippen molar-refractivity contribution in [1.29, 1.82) is 0 Å². The standard InChI is InChI=1S/C26H42N4O2S/c1-5-22-14-23-24(33-22)8-13-32-26(23)9-10-30(19(2)15-26)17-21(29-27)16-28-18-25(3,4)20-6-11-31-12-7-20/h14,16,19-20H,5-13,15,17-18,27H2,1-4H3/b28-16?,29-21+/t19-,26+/m0/s1. The van der Waals surface area contributed by atoms with E-state index in [4.69, 9.17) is 20.3 Å². The fourth-order valence-corrected chi connectivity index (χ4v) is 7.01. The molecule has 4 heterocycles. The first-order chi connectivity index (χ1) is 15.9. The van der Waals surface area contributed by atoms with Crippen molar-refractivity contribution in [3.63, 3.8) is 0 Å². The summed E-state index contributed by atoms with van der Waals surface area (Å²) in [4.78, 5) is 10.3. The number of hydrogen-bond donors (Lipinski definition) is 1. The Bertz CT molecular complexity index is 858. The molecule has 1 spiro atoms. The molecule has 0 aromatic carbocycles. The van der Waals surface area contributed by atoms with Gasteiger partial charge in [0.15, 0.2) is 0 Å². The Kier molecular flexibility index (Phi) is 7.94. The quantitative estimate of drug-likeness (QED) is 0.361. The predicted molar refractivity (Wildman–Crippen MR) is 138 cm³/mol. The minimum atomic E-state index is -0.116. The largest absolute Gasteiger partial charge is 0.381 e. The third-order valence-electron chi connectivity index (χ3n) is 8.05. The Balaban J connectivity index is 1.35. The maximum absolute atomic E-state index is 6.49. The lowest BCUT2D eigenvalue weighted by atomic mass is 9.75. The van der Waals surface area contributed by atoms with E-state index in [0.29, 0.717) is 12.0 Å². The van der Waals surface area contributed by atoms with Crippen molar-refractivity contribution in [2.24, 2.45) is 27.3 Å². The van der Waals surface area contributed by atoms with Crippen LogP contribution in [0.5, 0.6) is 0 Å². The third-order valence-corrected chi connectivity index (χ3v) is 9.39. The van der Waals surface area contributed by atoms with Crippen LogP contribution in [-0.4, -0.2) is 62.3 Å². The minimum absolute atomic E-state index is 0.116. The van der Waals surface area contributed by atoms with Crippen LogP contribution in [0.25, 0.3) is 0 Å². The van der Waals surface area contributed by atoms with Crippen molar-refractivity contribution in [1.82, 2.24) is 4.90 Å². The molecule has 33 heavy (non-hydrogen) atoms. The van der Waals surface area contributed by atoms with E-state index in [1.807, 2.05) is 17.6 Å². The molecule has 0 radical (unpaired) electrons. The highest BCUT2D eigenvalue weighted by atomic mass is 32.1. The molecule has 1 aromatic heterocycles. The van der Waals surface area contributed by atoms with Crippen molar-refractivity contribution in [2.75, 3.05) is 39.5 Å². The number of fused-ring (bicyclic) bond motifs is 2. The molecule has 0 bridgehead atoms.